The third-order valence-electron chi connectivity index (χ3n) is 6.43. The average Bonchev–Trinajstić information content (AvgIpc) is 2.96. The van der Waals surface area contributed by atoms with Crippen LogP contribution in [0.3, 0.4) is 0 Å². The number of nitrogens with one attached hydrogen (secondary N) is 1. The number of hydrogen-bond donors (Lipinski definition) is 3. The Morgan fingerprint density at radius 1 is 1.02 bits per heavy atom. The molecule has 2 aromatic heterocycles. The van der Waals surface area contributed by atoms with Crippen molar-refractivity contribution in [1.29, 1.82) is 0 Å². The van der Waals surface area contributed by atoms with Crippen LogP contribution in [0.5, 0.6) is 11.5 Å². The summed E-state index contributed by atoms with van der Waals surface area (Å²) < 4.78 is 40.8. The Hall–Kier alpha value is -4.81. The van der Waals surface area contributed by atoms with Gasteiger partial charge in [0.15, 0.2) is 23.5 Å². The standard InChI is InChI=1S/C30H28ClF2N5O5/c1-15(2)26(34)30(41)42-16(3)38-13-20(17-4-6-18(32)7-5-17)27(39)21(14-38)29(40)37-19-8-9-23(22(33)12-19)43-24-10-11-36-28(35)25(24)31/h4-16,26H,34H2,1-3H3,(H2,35,36)(H,37,40). The van der Waals surface area contributed by atoms with Crippen molar-refractivity contribution >= 4 is 35.0 Å². The number of rotatable bonds is 9. The van der Waals surface area contributed by atoms with Crippen LogP contribution in [0.1, 0.15) is 37.4 Å². The van der Waals surface area contributed by atoms with Gasteiger partial charge in [-0.05, 0) is 42.7 Å². The molecule has 2 heterocycles. The highest BCUT2D eigenvalue weighted by atomic mass is 35.5. The first-order valence-electron chi connectivity index (χ1n) is 13.0. The summed E-state index contributed by atoms with van der Waals surface area (Å²) in [6, 6.07) is 9.19. The number of anilines is 2. The number of esters is 1. The SMILES string of the molecule is CC(C)C(N)C(=O)OC(C)n1cc(C(=O)Nc2ccc(Oc3ccnc(N)c3Cl)c(F)c2)c(=O)c(-c2ccc(F)cc2)c1. The fraction of sp³-hybridized carbons (Fsp3) is 0.200. The van der Waals surface area contributed by atoms with Crippen LogP contribution in [0.15, 0.2) is 71.9 Å². The summed E-state index contributed by atoms with van der Waals surface area (Å²) in [5, 5.41) is 2.49. The molecule has 0 saturated carbocycles. The van der Waals surface area contributed by atoms with Gasteiger partial charge in [-0.1, -0.05) is 37.6 Å². The Labute approximate surface area is 250 Å². The number of ether oxygens (including phenoxy) is 2. The van der Waals surface area contributed by atoms with Gasteiger partial charge in [0.2, 0.25) is 5.43 Å². The van der Waals surface area contributed by atoms with Crippen molar-refractivity contribution in [3.05, 3.63) is 99.6 Å². The van der Waals surface area contributed by atoms with E-state index in [2.05, 4.69) is 10.3 Å². The molecule has 0 saturated heterocycles. The topological polar surface area (TPSA) is 152 Å². The van der Waals surface area contributed by atoms with Gasteiger partial charge in [-0.2, -0.15) is 0 Å². The number of benzene rings is 2. The summed E-state index contributed by atoms with van der Waals surface area (Å²) >= 11 is 6.06. The van der Waals surface area contributed by atoms with Crippen molar-refractivity contribution in [2.24, 2.45) is 11.7 Å². The summed E-state index contributed by atoms with van der Waals surface area (Å²) in [6.07, 6.45) is 2.95. The van der Waals surface area contributed by atoms with Crippen molar-refractivity contribution in [3.8, 4) is 22.6 Å². The van der Waals surface area contributed by atoms with Crippen LogP contribution in [0.25, 0.3) is 11.1 Å². The van der Waals surface area contributed by atoms with E-state index in [1.807, 2.05) is 0 Å². The van der Waals surface area contributed by atoms with E-state index in [4.69, 9.17) is 32.5 Å². The number of halogens is 3. The van der Waals surface area contributed by atoms with Gasteiger partial charge >= 0.3 is 5.97 Å². The molecule has 0 fully saturated rings. The van der Waals surface area contributed by atoms with E-state index in [1.165, 1.54) is 60.4 Å². The summed E-state index contributed by atoms with van der Waals surface area (Å²) in [5.41, 5.74) is 10.9. The number of nitrogens with zero attached hydrogens (tertiary/aromatic N) is 2. The molecular formula is C30H28ClF2N5O5. The Balaban J connectivity index is 1.65. The summed E-state index contributed by atoms with van der Waals surface area (Å²) in [5.74, 6) is -3.24. The van der Waals surface area contributed by atoms with Crippen molar-refractivity contribution in [3.63, 3.8) is 0 Å². The lowest BCUT2D eigenvalue weighted by Gasteiger charge is -2.22. The van der Waals surface area contributed by atoms with E-state index < -0.39 is 41.2 Å². The Morgan fingerprint density at radius 2 is 1.72 bits per heavy atom. The molecule has 0 spiro atoms. The summed E-state index contributed by atoms with van der Waals surface area (Å²) in [7, 11) is 0. The van der Waals surface area contributed by atoms with Crippen molar-refractivity contribution < 1.29 is 27.8 Å². The van der Waals surface area contributed by atoms with E-state index in [0.717, 1.165) is 18.2 Å². The highest BCUT2D eigenvalue weighted by Crippen LogP contribution is 2.34. The normalized spacial score (nSPS) is 12.5. The minimum atomic E-state index is -0.980. The molecule has 0 aliphatic heterocycles. The molecule has 43 heavy (non-hydrogen) atoms. The molecule has 224 valence electrons. The monoisotopic (exact) mass is 611 g/mol. The number of pyridine rings is 2. The second-order valence-electron chi connectivity index (χ2n) is 9.88. The molecule has 4 rings (SSSR count). The summed E-state index contributed by atoms with van der Waals surface area (Å²) in [6.45, 7) is 5.05. The Kier molecular flexibility index (Phi) is 9.42. The fourth-order valence-electron chi connectivity index (χ4n) is 3.88. The lowest BCUT2D eigenvalue weighted by Crippen LogP contribution is -2.38. The highest BCUT2D eigenvalue weighted by Gasteiger charge is 2.24. The van der Waals surface area contributed by atoms with Crippen molar-refractivity contribution in [2.45, 2.75) is 33.0 Å². The minimum Gasteiger partial charge on any atom is -0.453 e. The smallest absolute Gasteiger partial charge is 0.325 e. The zero-order valence-corrected chi connectivity index (χ0v) is 24.1. The lowest BCUT2D eigenvalue weighted by molar-refractivity contribution is -0.155. The first kappa shape index (κ1) is 31.1. The zero-order chi connectivity index (χ0) is 31.4. The maximum Gasteiger partial charge on any atom is 0.325 e. The number of hydrogen-bond acceptors (Lipinski definition) is 8. The molecule has 10 nitrogen and oxygen atoms in total. The van der Waals surface area contributed by atoms with Crippen LogP contribution in [0.2, 0.25) is 5.02 Å². The second kappa shape index (κ2) is 13.0. The molecule has 0 radical (unpaired) electrons. The van der Waals surface area contributed by atoms with Gasteiger partial charge < -0.3 is 30.8 Å². The maximum absolute atomic E-state index is 14.9. The molecule has 2 unspecified atom stereocenters. The maximum atomic E-state index is 14.9. The van der Waals surface area contributed by atoms with Gasteiger partial charge in [-0.15, -0.1) is 0 Å². The van der Waals surface area contributed by atoms with Crippen LogP contribution in [0.4, 0.5) is 20.3 Å². The van der Waals surface area contributed by atoms with Gasteiger partial charge in [0, 0.05) is 42.0 Å². The first-order valence-corrected chi connectivity index (χ1v) is 13.4. The van der Waals surface area contributed by atoms with E-state index in [1.54, 1.807) is 13.8 Å². The fourth-order valence-corrected chi connectivity index (χ4v) is 4.03. The van der Waals surface area contributed by atoms with Gasteiger partial charge in [0.25, 0.3) is 5.91 Å². The molecular weight excluding hydrogens is 584 g/mol. The van der Waals surface area contributed by atoms with E-state index in [0.29, 0.717) is 5.56 Å². The zero-order valence-electron chi connectivity index (χ0n) is 23.3. The van der Waals surface area contributed by atoms with Crippen molar-refractivity contribution in [2.75, 3.05) is 11.1 Å². The molecule has 13 heteroatoms. The number of amides is 1. The number of carbonyl (C=O) groups excluding carboxylic acids is 2. The van der Waals surface area contributed by atoms with Crippen LogP contribution < -0.4 is 26.9 Å². The molecule has 1 amide bonds. The van der Waals surface area contributed by atoms with Crippen LogP contribution >= 0.6 is 11.6 Å². The summed E-state index contributed by atoms with van der Waals surface area (Å²) in [4.78, 5) is 43.1. The average molecular weight is 612 g/mol. The lowest BCUT2D eigenvalue weighted by atomic mass is 10.0. The number of aromatic nitrogens is 2. The molecule has 2 atom stereocenters. The minimum absolute atomic E-state index is 0.00249. The van der Waals surface area contributed by atoms with E-state index >= 15 is 0 Å². The molecule has 4 aromatic rings. The molecule has 0 bridgehead atoms. The molecule has 2 aromatic carbocycles. The predicted molar refractivity (Wildman–Crippen MR) is 158 cm³/mol. The Morgan fingerprint density at radius 3 is 2.37 bits per heavy atom. The number of nitrogens with two attached hydrogens (primary N) is 2. The van der Waals surface area contributed by atoms with E-state index in [-0.39, 0.29) is 45.1 Å². The molecule has 0 aliphatic carbocycles. The van der Waals surface area contributed by atoms with Gasteiger partial charge in [0.1, 0.15) is 28.3 Å². The largest absolute Gasteiger partial charge is 0.453 e. The predicted octanol–water partition coefficient (Wildman–Crippen LogP) is 5.51. The third kappa shape index (κ3) is 7.16. The number of nitrogen functional groups attached to an aromatic ring is 1. The van der Waals surface area contributed by atoms with Crippen LogP contribution in [-0.4, -0.2) is 27.5 Å². The van der Waals surface area contributed by atoms with Crippen LogP contribution in [0, 0.1) is 17.6 Å². The quantitative estimate of drug-likeness (QED) is 0.209. The van der Waals surface area contributed by atoms with Gasteiger partial charge in [0.05, 0.1) is 0 Å². The Bertz CT molecular complexity index is 1730. The first-order chi connectivity index (χ1) is 20.3. The van der Waals surface area contributed by atoms with Crippen molar-refractivity contribution in [1.82, 2.24) is 9.55 Å². The van der Waals surface area contributed by atoms with E-state index in [9.17, 15) is 23.2 Å². The van der Waals surface area contributed by atoms with Gasteiger partial charge in [-0.3, -0.25) is 14.4 Å². The van der Waals surface area contributed by atoms with Gasteiger partial charge in [-0.25, -0.2) is 13.8 Å². The second-order valence-corrected chi connectivity index (χ2v) is 10.3. The molecule has 0 aliphatic rings. The van der Waals surface area contributed by atoms with Crippen LogP contribution in [-0.2, 0) is 9.53 Å². The highest BCUT2D eigenvalue weighted by molar-refractivity contribution is 6.34. The number of carbonyl (C=O) groups is 2. The third-order valence-corrected chi connectivity index (χ3v) is 6.81. The molecule has 5 N–H and O–H groups in total.